The van der Waals surface area contributed by atoms with Crippen molar-refractivity contribution >= 4 is 28.7 Å². The molecule has 8 heteroatoms. The minimum Gasteiger partial charge on any atom is -0.449 e. The van der Waals surface area contributed by atoms with Crippen molar-refractivity contribution < 1.29 is 19.1 Å². The molecule has 4 aromatic rings. The minimum absolute atomic E-state index is 0.0288. The molecule has 0 saturated carbocycles. The lowest BCUT2D eigenvalue weighted by Crippen LogP contribution is -2.53. The number of carbonyl (C=O) groups excluding carboxylic acids is 3. The first-order valence-electron chi connectivity index (χ1n) is 18.0. The molecule has 5 rings (SSSR count). The average molecular weight is 677 g/mol. The molecule has 8 nitrogen and oxygen atoms in total. The number of fused-ring (bicyclic) bond motifs is 1. The van der Waals surface area contributed by atoms with Gasteiger partial charge >= 0.3 is 6.09 Å². The van der Waals surface area contributed by atoms with Gasteiger partial charge in [0.1, 0.15) is 6.04 Å². The standard InChI is InChI=1S/C42H52N4O4/c1-4-5-29-50-41(49)46(26-14-25-45-27-23-42(24-28-45,43-33(2)47)38-19-10-7-11-20-38)39(40(48)44(3)32-34-15-8-6-9-16-34)31-35-21-22-36-17-12-13-18-37(36)30-35/h6-13,15-22,30,39H,4-5,14,23-29,31-32H2,1-3H3,(H,43,47)/t39-/m0/s1. The molecule has 0 radical (unpaired) electrons. The average Bonchev–Trinajstić information content (AvgIpc) is 3.13. The Morgan fingerprint density at radius 3 is 2.18 bits per heavy atom. The van der Waals surface area contributed by atoms with Gasteiger partial charge in [-0.15, -0.1) is 0 Å². The number of likely N-dealkylation sites (N-methyl/N-ethyl adjacent to an activating group) is 1. The molecule has 1 aliphatic rings. The number of hydrogen-bond donors (Lipinski definition) is 1. The zero-order valence-corrected chi connectivity index (χ0v) is 29.9. The molecule has 1 saturated heterocycles. The smallest absolute Gasteiger partial charge is 0.410 e. The highest BCUT2D eigenvalue weighted by molar-refractivity contribution is 5.87. The second kappa shape index (κ2) is 17.8. The van der Waals surface area contributed by atoms with Crippen LogP contribution in [0.15, 0.2) is 103 Å². The van der Waals surface area contributed by atoms with Gasteiger partial charge in [-0.3, -0.25) is 14.5 Å². The molecule has 0 unspecified atom stereocenters. The van der Waals surface area contributed by atoms with Gasteiger partial charge in [0.05, 0.1) is 12.1 Å². The summed E-state index contributed by atoms with van der Waals surface area (Å²) in [6, 6.07) is 33.9. The van der Waals surface area contributed by atoms with E-state index in [0.29, 0.717) is 32.5 Å². The van der Waals surface area contributed by atoms with Crippen LogP contribution >= 0.6 is 0 Å². The Kier molecular flexibility index (Phi) is 13.0. The molecule has 0 bridgehead atoms. The second-order valence-corrected chi connectivity index (χ2v) is 13.6. The predicted octanol–water partition coefficient (Wildman–Crippen LogP) is 7.17. The Morgan fingerprint density at radius 1 is 0.840 bits per heavy atom. The monoisotopic (exact) mass is 676 g/mol. The third-order valence-electron chi connectivity index (χ3n) is 9.83. The summed E-state index contributed by atoms with van der Waals surface area (Å²) in [5.74, 6) is -0.144. The van der Waals surface area contributed by atoms with Crippen molar-refractivity contribution in [1.82, 2.24) is 20.0 Å². The van der Waals surface area contributed by atoms with Gasteiger partial charge < -0.3 is 19.9 Å². The van der Waals surface area contributed by atoms with Gasteiger partial charge in [0.2, 0.25) is 11.8 Å². The minimum atomic E-state index is -0.731. The number of likely N-dealkylation sites (tertiary alicyclic amines) is 1. The molecule has 1 N–H and O–H groups in total. The lowest BCUT2D eigenvalue weighted by atomic mass is 9.80. The molecule has 0 aliphatic carbocycles. The van der Waals surface area contributed by atoms with Crippen LogP contribution in [-0.4, -0.2) is 78.5 Å². The van der Waals surface area contributed by atoms with Crippen LogP contribution < -0.4 is 5.32 Å². The molecule has 1 fully saturated rings. The summed E-state index contributed by atoms with van der Waals surface area (Å²) in [5.41, 5.74) is 2.76. The summed E-state index contributed by atoms with van der Waals surface area (Å²) < 4.78 is 5.80. The van der Waals surface area contributed by atoms with Crippen LogP contribution in [0.1, 0.15) is 62.6 Å². The zero-order valence-electron chi connectivity index (χ0n) is 29.9. The number of carbonyl (C=O) groups is 3. The van der Waals surface area contributed by atoms with Crippen molar-refractivity contribution in [3.8, 4) is 0 Å². The Morgan fingerprint density at radius 2 is 1.50 bits per heavy atom. The van der Waals surface area contributed by atoms with E-state index in [0.717, 1.165) is 72.8 Å². The van der Waals surface area contributed by atoms with Gasteiger partial charge in [0.25, 0.3) is 0 Å². The number of unbranched alkanes of at least 4 members (excludes halogenated alkanes) is 1. The summed E-state index contributed by atoms with van der Waals surface area (Å²) in [6.45, 7) is 7.19. The van der Waals surface area contributed by atoms with Crippen LogP contribution in [0.5, 0.6) is 0 Å². The van der Waals surface area contributed by atoms with Crippen LogP contribution in [0, 0.1) is 0 Å². The summed E-state index contributed by atoms with van der Waals surface area (Å²) in [4.78, 5) is 46.3. The summed E-state index contributed by atoms with van der Waals surface area (Å²) >= 11 is 0. The number of benzene rings is 4. The number of rotatable bonds is 15. The molecule has 50 heavy (non-hydrogen) atoms. The molecule has 264 valence electrons. The lowest BCUT2D eigenvalue weighted by molar-refractivity contribution is -0.135. The topological polar surface area (TPSA) is 82.2 Å². The van der Waals surface area contributed by atoms with Crippen molar-refractivity contribution in [2.75, 3.05) is 39.8 Å². The van der Waals surface area contributed by atoms with Crippen molar-refractivity contribution in [2.24, 2.45) is 0 Å². The largest absolute Gasteiger partial charge is 0.449 e. The first kappa shape index (κ1) is 36.6. The third kappa shape index (κ3) is 9.72. The molecule has 1 aliphatic heterocycles. The van der Waals surface area contributed by atoms with Crippen molar-refractivity contribution in [3.63, 3.8) is 0 Å². The predicted molar refractivity (Wildman–Crippen MR) is 200 cm³/mol. The highest BCUT2D eigenvalue weighted by atomic mass is 16.6. The number of ether oxygens (including phenoxy) is 1. The van der Waals surface area contributed by atoms with Crippen LogP contribution in [0.25, 0.3) is 10.8 Å². The zero-order chi connectivity index (χ0) is 35.3. The SMILES string of the molecule is CCCCOC(=O)N(CCCN1CCC(NC(C)=O)(c2ccccc2)CC1)[C@@H](Cc1ccc2ccccc2c1)C(=O)N(C)Cc1ccccc1. The number of nitrogens with zero attached hydrogens (tertiary/aromatic N) is 3. The van der Waals surface area contributed by atoms with E-state index < -0.39 is 12.1 Å². The molecule has 1 atom stereocenters. The van der Waals surface area contributed by atoms with E-state index >= 15 is 0 Å². The second-order valence-electron chi connectivity index (χ2n) is 13.6. The van der Waals surface area contributed by atoms with Gasteiger partial charge in [-0.05, 0) is 59.7 Å². The lowest BCUT2D eigenvalue weighted by Gasteiger charge is -2.43. The van der Waals surface area contributed by atoms with Crippen molar-refractivity contribution in [2.45, 2.75) is 70.5 Å². The van der Waals surface area contributed by atoms with Crippen LogP contribution in [0.2, 0.25) is 0 Å². The molecule has 0 aromatic heterocycles. The highest BCUT2D eigenvalue weighted by Crippen LogP contribution is 2.33. The van der Waals surface area contributed by atoms with E-state index in [1.165, 1.54) is 0 Å². The normalized spacial score (nSPS) is 14.9. The summed E-state index contributed by atoms with van der Waals surface area (Å²) in [5, 5.41) is 5.49. The van der Waals surface area contributed by atoms with Gasteiger partial charge in [-0.25, -0.2) is 4.79 Å². The Labute approximate surface area is 297 Å². The number of piperidine rings is 1. The maximum Gasteiger partial charge on any atom is 0.410 e. The molecule has 1 heterocycles. The molecular weight excluding hydrogens is 624 g/mol. The van der Waals surface area contributed by atoms with Gasteiger partial charge in [0.15, 0.2) is 0 Å². The van der Waals surface area contributed by atoms with Gasteiger partial charge in [-0.2, -0.15) is 0 Å². The first-order chi connectivity index (χ1) is 24.3. The Bertz CT molecular complexity index is 1690. The van der Waals surface area contributed by atoms with E-state index in [1.807, 2.05) is 67.7 Å². The van der Waals surface area contributed by atoms with Gasteiger partial charge in [-0.1, -0.05) is 116 Å². The number of nitrogens with one attached hydrogen (secondary N) is 1. The maximum absolute atomic E-state index is 14.4. The molecular formula is C42H52N4O4. The van der Waals surface area contributed by atoms with Crippen LogP contribution in [0.3, 0.4) is 0 Å². The fourth-order valence-electron chi connectivity index (χ4n) is 7.07. The van der Waals surface area contributed by atoms with E-state index in [9.17, 15) is 14.4 Å². The third-order valence-corrected chi connectivity index (χ3v) is 9.83. The van der Waals surface area contributed by atoms with Crippen LogP contribution in [-0.2, 0) is 32.8 Å². The Hall–Kier alpha value is -4.69. The summed E-state index contributed by atoms with van der Waals surface area (Å²) in [6.07, 6.45) is 3.89. The summed E-state index contributed by atoms with van der Waals surface area (Å²) in [7, 11) is 1.81. The fraction of sp³-hybridized carbons (Fsp3) is 0.405. The number of hydrogen-bond acceptors (Lipinski definition) is 5. The fourth-order valence-corrected chi connectivity index (χ4v) is 7.07. The van der Waals surface area contributed by atoms with Crippen molar-refractivity contribution in [3.05, 3.63) is 120 Å². The van der Waals surface area contributed by atoms with E-state index in [4.69, 9.17) is 4.74 Å². The highest BCUT2D eigenvalue weighted by Gasteiger charge is 2.37. The number of amides is 3. The molecule has 0 spiro atoms. The Balaban J connectivity index is 1.34. The molecule has 4 aromatic carbocycles. The first-order valence-corrected chi connectivity index (χ1v) is 18.0. The van der Waals surface area contributed by atoms with E-state index in [1.54, 1.807) is 16.7 Å². The van der Waals surface area contributed by atoms with E-state index in [-0.39, 0.29) is 17.4 Å². The van der Waals surface area contributed by atoms with Gasteiger partial charge in [0, 0.05) is 46.6 Å². The van der Waals surface area contributed by atoms with Crippen LogP contribution in [0.4, 0.5) is 4.79 Å². The molecule has 3 amide bonds. The van der Waals surface area contributed by atoms with E-state index in [2.05, 4.69) is 59.6 Å². The van der Waals surface area contributed by atoms with Crippen molar-refractivity contribution in [1.29, 1.82) is 0 Å². The quantitative estimate of drug-likeness (QED) is 0.135. The maximum atomic E-state index is 14.4.